The Balaban J connectivity index is 1.77. The van der Waals surface area contributed by atoms with E-state index in [-0.39, 0.29) is 0 Å². The SMILES string of the molecule is CCNCc1ccccc1OCCN(C)C1CCOCC1. The van der Waals surface area contributed by atoms with Gasteiger partial charge >= 0.3 is 0 Å². The minimum Gasteiger partial charge on any atom is -0.492 e. The van der Waals surface area contributed by atoms with E-state index >= 15 is 0 Å². The van der Waals surface area contributed by atoms with Crippen LogP contribution < -0.4 is 10.1 Å². The number of benzene rings is 1. The summed E-state index contributed by atoms with van der Waals surface area (Å²) < 4.78 is 11.4. The van der Waals surface area contributed by atoms with Gasteiger partial charge in [0.15, 0.2) is 0 Å². The van der Waals surface area contributed by atoms with Gasteiger partial charge in [-0.2, -0.15) is 0 Å². The van der Waals surface area contributed by atoms with Crippen LogP contribution in [0.25, 0.3) is 0 Å². The molecule has 4 nitrogen and oxygen atoms in total. The predicted molar refractivity (Wildman–Crippen MR) is 85.8 cm³/mol. The van der Waals surface area contributed by atoms with Crippen molar-refractivity contribution in [3.63, 3.8) is 0 Å². The highest BCUT2D eigenvalue weighted by molar-refractivity contribution is 5.33. The first-order chi connectivity index (χ1) is 10.3. The largest absolute Gasteiger partial charge is 0.492 e. The lowest BCUT2D eigenvalue weighted by molar-refractivity contribution is 0.0392. The molecule has 1 heterocycles. The molecule has 1 saturated heterocycles. The van der Waals surface area contributed by atoms with Gasteiger partial charge in [0.05, 0.1) is 0 Å². The van der Waals surface area contributed by atoms with E-state index < -0.39 is 0 Å². The van der Waals surface area contributed by atoms with Crippen LogP contribution in [0.2, 0.25) is 0 Å². The predicted octanol–water partition coefficient (Wildman–Crippen LogP) is 2.29. The molecule has 1 aliphatic rings. The molecule has 4 heteroatoms. The molecule has 0 bridgehead atoms. The van der Waals surface area contributed by atoms with E-state index in [2.05, 4.69) is 42.4 Å². The second kappa shape index (κ2) is 9.03. The maximum atomic E-state index is 5.98. The van der Waals surface area contributed by atoms with E-state index in [1.54, 1.807) is 0 Å². The quantitative estimate of drug-likeness (QED) is 0.797. The Morgan fingerprint density at radius 3 is 2.81 bits per heavy atom. The molecule has 0 saturated carbocycles. The minimum atomic E-state index is 0.638. The third-order valence-electron chi connectivity index (χ3n) is 4.05. The molecular formula is C17H28N2O2. The first kappa shape index (κ1) is 16.3. The summed E-state index contributed by atoms with van der Waals surface area (Å²) >= 11 is 0. The van der Waals surface area contributed by atoms with Gasteiger partial charge in [-0.25, -0.2) is 0 Å². The number of ether oxygens (including phenoxy) is 2. The number of hydrogen-bond donors (Lipinski definition) is 1. The van der Waals surface area contributed by atoms with Crippen LogP contribution in [0.4, 0.5) is 0 Å². The molecule has 21 heavy (non-hydrogen) atoms. The second-order valence-electron chi connectivity index (χ2n) is 5.56. The molecule has 118 valence electrons. The standard InChI is InChI=1S/C17H28N2O2/c1-3-18-14-15-6-4-5-7-17(15)21-13-10-19(2)16-8-11-20-12-9-16/h4-7,16,18H,3,8-14H2,1-2H3. The van der Waals surface area contributed by atoms with Crippen LogP contribution in [0.1, 0.15) is 25.3 Å². The summed E-state index contributed by atoms with van der Waals surface area (Å²) in [5, 5.41) is 3.35. The smallest absolute Gasteiger partial charge is 0.123 e. The van der Waals surface area contributed by atoms with Crippen LogP contribution in [0, 0.1) is 0 Å². The Morgan fingerprint density at radius 1 is 1.29 bits per heavy atom. The zero-order valence-electron chi connectivity index (χ0n) is 13.3. The summed E-state index contributed by atoms with van der Waals surface area (Å²) in [5.41, 5.74) is 1.23. The van der Waals surface area contributed by atoms with Gasteiger partial charge in [0.1, 0.15) is 12.4 Å². The van der Waals surface area contributed by atoms with Crippen molar-refractivity contribution < 1.29 is 9.47 Å². The maximum Gasteiger partial charge on any atom is 0.123 e. The first-order valence-electron chi connectivity index (χ1n) is 8.00. The molecule has 0 amide bonds. The van der Waals surface area contributed by atoms with Crippen LogP contribution in [-0.4, -0.2) is 50.9 Å². The topological polar surface area (TPSA) is 33.7 Å². The zero-order valence-corrected chi connectivity index (χ0v) is 13.3. The summed E-state index contributed by atoms with van der Waals surface area (Å²) in [6.07, 6.45) is 2.26. The maximum absolute atomic E-state index is 5.98. The van der Waals surface area contributed by atoms with Gasteiger partial charge in [-0.1, -0.05) is 25.1 Å². The lowest BCUT2D eigenvalue weighted by Gasteiger charge is -2.31. The van der Waals surface area contributed by atoms with Crippen molar-refractivity contribution in [1.29, 1.82) is 0 Å². The highest BCUT2D eigenvalue weighted by Gasteiger charge is 2.18. The van der Waals surface area contributed by atoms with Gasteiger partial charge in [0.2, 0.25) is 0 Å². The fraction of sp³-hybridized carbons (Fsp3) is 0.647. The average Bonchev–Trinajstić information content (AvgIpc) is 2.54. The summed E-state index contributed by atoms with van der Waals surface area (Å²) in [6, 6.07) is 8.92. The minimum absolute atomic E-state index is 0.638. The van der Waals surface area contributed by atoms with E-state index in [1.807, 2.05) is 6.07 Å². The summed E-state index contributed by atoms with van der Waals surface area (Å²) in [4.78, 5) is 2.40. The van der Waals surface area contributed by atoms with Crippen molar-refractivity contribution in [2.75, 3.05) is 40.0 Å². The van der Waals surface area contributed by atoms with Crippen LogP contribution >= 0.6 is 0 Å². The molecule has 1 N–H and O–H groups in total. The van der Waals surface area contributed by atoms with Crippen molar-refractivity contribution >= 4 is 0 Å². The van der Waals surface area contributed by atoms with Crippen LogP contribution in [0.3, 0.4) is 0 Å². The number of nitrogens with zero attached hydrogens (tertiary/aromatic N) is 1. The molecular weight excluding hydrogens is 264 g/mol. The molecule has 0 spiro atoms. The molecule has 0 radical (unpaired) electrons. The Hall–Kier alpha value is -1.10. The highest BCUT2D eigenvalue weighted by atomic mass is 16.5. The van der Waals surface area contributed by atoms with Gasteiger partial charge < -0.3 is 14.8 Å². The van der Waals surface area contributed by atoms with Gasteiger partial charge in [0, 0.05) is 37.9 Å². The van der Waals surface area contributed by atoms with Gasteiger partial charge in [-0.15, -0.1) is 0 Å². The fourth-order valence-electron chi connectivity index (χ4n) is 2.66. The number of rotatable bonds is 8. The lowest BCUT2D eigenvalue weighted by Crippen LogP contribution is -2.38. The van der Waals surface area contributed by atoms with Crippen LogP contribution in [0.15, 0.2) is 24.3 Å². The number of nitrogens with one attached hydrogen (secondary N) is 1. The molecule has 1 fully saturated rings. The summed E-state index contributed by atoms with van der Waals surface area (Å²) in [7, 11) is 2.18. The van der Waals surface area contributed by atoms with Crippen molar-refractivity contribution in [1.82, 2.24) is 10.2 Å². The first-order valence-corrected chi connectivity index (χ1v) is 8.00. The number of hydrogen-bond acceptors (Lipinski definition) is 4. The van der Waals surface area contributed by atoms with E-state index in [1.165, 1.54) is 5.56 Å². The van der Waals surface area contributed by atoms with Crippen molar-refractivity contribution in [3.05, 3.63) is 29.8 Å². The number of likely N-dealkylation sites (N-methyl/N-ethyl adjacent to an activating group) is 1. The van der Waals surface area contributed by atoms with E-state index in [0.29, 0.717) is 6.04 Å². The van der Waals surface area contributed by atoms with E-state index in [0.717, 1.165) is 58.0 Å². The molecule has 0 aromatic heterocycles. The fourth-order valence-corrected chi connectivity index (χ4v) is 2.66. The Bertz CT molecular complexity index is 406. The van der Waals surface area contributed by atoms with E-state index in [9.17, 15) is 0 Å². The van der Waals surface area contributed by atoms with Crippen LogP contribution in [-0.2, 0) is 11.3 Å². The molecule has 0 aliphatic carbocycles. The lowest BCUT2D eigenvalue weighted by atomic mass is 10.1. The van der Waals surface area contributed by atoms with Gasteiger partial charge in [-0.05, 0) is 32.5 Å². The Labute approximate surface area is 128 Å². The summed E-state index contributed by atoms with van der Waals surface area (Å²) in [6.45, 7) is 7.43. The monoisotopic (exact) mass is 292 g/mol. The zero-order chi connectivity index (χ0) is 14.9. The molecule has 1 aliphatic heterocycles. The number of para-hydroxylation sites is 1. The molecule has 2 rings (SSSR count). The molecule has 0 unspecified atom stereocenters. The van der Waals surface area contributed by atoms with Gasteiger partial charge in [-0.3, -0.25) is 4.90 Å². The second-order valence-corrected chi connectivity index (χ2v) is 5.56. The Kier molecular flexibility index (Phi) is 7.00. The molecule has 1 aromatic rings. The molecule has 0 atom stereocenters. The van der Waals surface area contributed by atoms with E-state index in [4.69, 9.17) is 9.47 Å². The average molecular weight is 292 g/mol. The molecule has 1 aromatic carbocycles. The van der Waals surface area contributed by atoms with Crippen molar-refractivity contribution in [3.8, 4) is 5.75 Å². The van der Waals surface area contributed by atoms with Gasteiger partial charge in [0.25, 0.3) is 0 Å². The summed E-state index contributed by atoms with van der Waals surface area (Å²) in [5.74, 6) is 0.999. The van der Waals surface area contributed by atoms with Crippen molar-refractivity contribution in [2.24, 2.45) is 0 Å². The highest BCUT2D eigenvalue weighted by Crippen LogP contribution is 2.18. The van der Waals surface area contributed by atoms with Crippen LogP contribution in [0.5, 0.6) is 5.75 Å². The van der Waals surface area contributed by atoms with Crippen molar-refractivity contribution in [2.45, 2.75) is 32.4 Å². The Morgan fingerprint density at radius 2 is 2.05 bits per heavy atom. The normalized spacial score (nSPS) is 16.3. The third kappa shape index (κ3) is 5.30. The third-order valence-corrected chi connectivity index (χ3v) is 4.05.